The van der Waals surface area contributed by atoms with E-state index in [1.807, 2.05) is 9.80 Å². The zero-order valence-electron chi connectivity index (χ0n) is 19.0. The molecule has 3 aromatic carbocycles. The summed E-state index contributed by atoms with van der Waals surface area (Å²) in [6.07, 6.45) is -4.40. The minimum Gasteiger partial charge on any atom is -0.408 e. The highest BCUT2D eigenvalue weighted by atomic mass is 19.4. The summed E-state index contributed by atoms with van der Waals surface area (Å²) < 4.78 is 59.9. The molecule has 1 fully saturated rings. The number of alkyl halides is 3. The van der Waals surface area contributed by atoms with Crippen LogP contribution < -0.4 is 10.7 Å². The average molecular weight is 499 g/mol. The number of aromatic nitrogens is 1. The predicted molar refractivity (Wildman–Crippen MR) is 126 cm³/mol. The number of anilines is 1. The lowest BCUT2D eigenvalue weighted by Gasteiger charge is -2.36. The fraction of sp³-hybridized carbons (Fsp3) is 0.231. The van der Waals surface area contributed by atoms with E-state index in [2.05, 4.69) is 0 Å². The first-order valence-corrected chi connectivity index (χ1v) is 11.3. The summed E-state index contributed by atoms with van der Waals surface area (Å²) in [5.41, 5.74) is 0.643. The zero-order chi connectivity index (χ0) is 25.4. The van der Waals surface area contributed by atoms with Gasteiger partial charge in [-0.1, -0.05) is 18.2 Å². The summed E-state index contributed by atoms with van der Waals surface area (Å²) >= 11 is 0. The van der Waals surface area contributed by atoms with Gasteiger partial charge in [0.1, 0.15) is 5.82 Å². The van der Waals surface area contributed by atoms with Crippen molar-refractivity contribution in [1.82, 2.24) is 9.47 Å². The van der Waals surface area contributed by atoms with E-state index in [9.17, 15) is 27.2 Å². The number of hydrogen-bond donors (Lipinski definition) is 0. The molecule has 186 valence electrons. The molecule has 10 heteroatoms. The molecule has 1 aromatic heterocycles. The van der Waals surface area contributed by atoms with E-state index in [-0.39, 0.29) is 23.4 Å². The number of rotatable bonds is 5. The number of benzene rings is 3. The number of ketones is 1. The van der Waals surface area contributed by atoms with E-state index in [1.165, 1.54) is 41.0 Å². The number of carbonyl (C=O) groups is 1. The predicted octanol–water partition coefficient (Wildman–Crippen LogP) is 4.76. The monoisotopic (exact) mass is 499 g/mol. The highest BCUT2D eigenvalue weighted by molar-refractivity contribution is 6.10. The summed E-state index contributed by atoms with van der Waals surface area (Å²) in [5.74, 6) is -1.75. The second-order valence-electron chi connectivity index (χ2n) is 8.58. The number of nitrogens with zero attached hydrogens (tertiary/aromatic N) is 3. The fourth-order valence-electron chi connectivity index (χ4n) is 4.37. The van der Waals surface area contributed by atoms with E-state index in [0.717, 1.165) is 12.1 Å². The van der Waals surface area contributed by atoms with Gasteiger partial charge in [0.25, 0.3) is 0 Å². The molecule has 0 radical (unpaired) electrons. The van der Waals surface area contributed by atoms with Crippen LogP contribution in [0.15, 0.2) is 75.9 Å². The van der Waals surface area contributed by atoms with E-state index >= 15 is 0 Å². The van der Waals surface area contributed by atoms with E-state index < -0.39 is 29.1 Å². The summed E-state index contributed by atoms with van der Waals surface area (Å²) in [7, 11) is 0. The van der Waals surface area contributed by atoms with Gasteiger partial charge in [0.2, 0.25) is 0 Å². The van der Waals surface area contributed by atoms with Crippen LogP contribution in [0.25, 0.3) is 11.1 Å². The summed E-state index contributed by atoms with van der Waals surface area (Å²) in [6.45, 7) is 2.27. The normalized spacial score (nSPS) is 14.9. The molecule has 1 saturated heterocycles. The molecule has 1 aliphatic rings. The van der Waals surface area contributed by atoms with Gasteiger partial charge >= 0.3 is 11.9 Å². The number of piperazine rings is 1. The number of fused-ring (bicyclic) bond motifs is 1. The van der Waals surface area contributed by atoms with Crippen molar-refractivity contribution in [3.63, 3.8) is 0 Å². The lowest BCUT2D eigenvalue weighted by Crippen LogP contribution is -2.47. The van der Waals surface area contributed by atoms with Crippen LogP contribution in [-0.4, -0.2) is 41.4 Å². The maximum Gasteiger partial charge on any atom is 0.421 e. The first kappa shape index (κ1) is 23.8. The molecule has 0 amide bonds. The molecule has 0 spiro atoms. The minimum atomic E-state index is -4.40. The number of hydrogen-bond acceptors (Lipinski definition) is 5. The summed E-state index contributed by atoms with van der Waals surface area (Å²) in [5, 5.41) is 0. The fourth-order valence-corrected chi connectivity index (χ4v) is 4.37. The van der Waals surface area contributed by atoms with Gasteiger partial charge in [-0.15, -0.1) is 0 Å². The molecule has 4 aromatic rings. The molecule has 0 N–H and O–H groups in total. The van der Waals surface area contributed by atoms with Crippen molar-refractivity contribution in [1.29, 1.82) is 0 Å². The maximum atomic E-state index is 14.0. The first-order valence-electron chi connectivity index (χ1n) is 11.3. The van der Waals surface area contributed by atoms with Gasteiger partial charge in [-0.3, -0.25) is 14.3 Å². The number of halogens is 4. The van der Waals surface area contributed by atoms with Crippen molar-refractivity contribution in [3.05, 3.63) is 99.8 Å². The Balaban J connectivity index is 1.30. The molecule has 0 saturated carbocycles. The van der Waals surface area contributed by atoms with Crippen LogP contribution >= 0.6 is 0 Å². The third-order valence-electron chi connectivity index (χ3n) is 6.30. The molecule has 6 nitrogen and oxygen atoms in total. The molecule has 5 rings (SSSR count). The molecule has 2 heterocycles. The lowest BCUT2D eigenvalue weighted by atomic mass is 10.0. The van der Waals surface area contributed by atoms with E-state index in [0.29, 0.717) is 37.4 Å². The third kappa shape index (κ3) is 4.64. The van der Waals surface area contributed by atoms with Crippen molar-refractivity contribution >= 4 is 22.6 Å². The Bertz CT molecular complexity index is 1480. The minimum absolute atomic E-state index is 0.0720. The van der Waals surface area contributed by atoms with Gasteiger partial charge in [0, 0.05) is 37.4 Å². The molecule has 0 atom stereocenters. The van der Waals surface area contributed by atoms with Crippen molar-refractivity contribution < 1.29 is 26.8 Å². The standard InChI is InChI=1S/C26H21F4N3O3/c27-21-7-2-1-6-20(21)24(34)17-8-9-22-23(14-17)36-25(35)33(22)16-31-10-12-32(13-11-31)19-5-3-4-18(15-19)26(28,29)30/h1-9,14-15H,10-13,16H2. The zero-order valence-corrected chi connectivity index (χ0v) is 19.0. The second kappa shape index (κ2) is 9.27. The van der Waals surface area contributed by atoms with Crippen molar-refractivity contribution in [3.8, 4) is 0 Å². The lowest BCUT2D eigenvalue weighted by molar-refractivity contribution is -0.137. The number of carbonyl (C=O) groups excluding carboxylic acids is 1. The smallest absolute Gasteiger partial charge is 0.408 e. The molecule has 0 bridgehead atoms. The first-order chi connectivity index (χ1) is 17.2. The highest BCUT2D eigenvalue weighted by Crippen LogP contribution is 2.32. The van der Waals surface area contributed by atoms with Crippen LogP contribution in [0.5, 0.6) is 0 Å². The second-order valence-corrected chi connectivity index (χ2v) is 8.58. The van der Waals surface area contributed by atoms with Gasteiger partial charge in [-0.25, -0.2) is 9.18 Å². The van der Waals surface area contributed by atoms with Crippen molar-refractivity contribution in [2.75, 3.05) is 31.1 Å². The Hall–Kier alpha value is -3.92. The Kier molecular flexibility index (Phi) is 6.13. The summed E-state index contributed by atoms with van der Waals surface area (Å²) in [6, 6.07) is 15.4. The van der Waals surface area contributed by atoms with Crippen LogP contribution in [0, 0.1) is 5.82 Å². The average Bonchev–Trinajstić information content (AvgIpc) is 3.18. The molecular weight excluding hydrogens is 478 g/mol. The van der Waals surface area contributed by atoms with E-state index in [1.54, 1.807) is 18.2 Å². The summed E-state index contributed by atoms with van der Waals surface area (Å²) in [4.78, 5) is 29.1. The Labute approximate surface area is 203 Å². The SMILES string of the molecule is O=C(c1ccc2c(c1)oc(=O)n2CN1CCN(c2cccc(C(F)(F)F)c2)CC1)c1ccccc1F. The van der Waals surface area contributed by atoms with Crippen LogP contribution in [0.1, 0.15) is 21.5 Å². The topological polar surface area (TPSA) is 58.7 Å². The van der Waals surface area contributed by atoms with Gasteiger partial charge in [-0.2, -0.15) is 13.2 Å². The van der Waals surface area contributed by atoms with Gasteiger partial charge < -0.3 is 9.32 Å². The quantitative estimate of drug-likeness (QED) is 0.293. The molecule has 0 unspecified atom stereocenters. The molecule has 36 heavy (non-hydrogen) atoms. The van der Waals surface area contributed by atoms with Crippen LogP contribution in [0.2, 0.25) is 0 Å². The van der Waals surface area contributed by atoms with Gasteiger partial charge in [0.05, 0.1) is 23.3 Å². The third-order valence-corrected chi connectivity index (χ3v) is 6.30. The Morgan fingerprint density at radius 3 is 2.39 bits per heavy atom. The molecule has 1 aliphatic heterocycles. The maximum absolute atomic E-state index is 14.0. The van der Waals surface area contributed by atoms with Gasteiger partial charge in [-0.05, 0) is 48.5 Å². The van der Waals surface area contributed by atoms with Crippen LogP contribution in [0.4, 0.5) is 23.2 Å². The van der Waals surface area contributed by atoms with E-state index in [4.69, 9.17) is 4.42 Å². The van der Waals surface area contributed by atoms with Crippen molar-refractivity contribution in [2.45, 2.75) is 12.8 Å². The van der Waals surface area contributed by atoms with Gasteiger partial charge in [0.15, 0.2) is 11.4 Å². The molecular formula is C26H21F4N3O3. The molecule has 0 aliphatic carbocycles. The largest absolute Gasteiger partial charge is 0.421 e. The Morgan fingerprint density at radius 1 is 0.917 bits per heavy atom. The highest BCUT2D eigenvalue weighted by Gasteiger charge is 2.31. The number of oxazole rings is 1. The Morgan fingerprint density at radius 2 is 1.67 bits per heavy atom. The van der Waals surface area contributed by atoms with Crippen LogP contribution in [0.3, 0.4) is 0 Å². The van der Waals surface area contributed by atoms with Crippen LogP contribution in [-0.2, 0) is 12.8 Å². The van der Waals surface area contributed by atoms with Crippen molar-refractivity contribution in [2.24, 2.45) is 0 Å².